The van der Waals surface area contributed by atoms with E-state index < -0.39 is 10.2 Å². The number of hydrogen-bond donors (Lipinski definition) is 3. The molecule has 1 heterocycles. The smallest absolute Gasteiger partial charge is 0.274 e. The van der Waals surface area contributed by atoms with Gasteiger partial charge in [0.2, 0.25) is 5.91 Å². The van der Waals surface area contributed by atoms with Crippen LogP contribution in [-0.4, -0.2) is 44.9 Å². The van der Waals surface area contributed by atoms with Gasteiger partial charge in [0.1, 0.15) is 0 Å². The average Bonchev–Trinajstić information content (AvgIpc) is 2.05. The topological polar surface area (TPSA) is 119 Å². The minimum Gasteiger partial charge on any atom is -0.369 e. The highest BCUT2D eigenvalue weighted by Gasteiger charge is 2.22. The second kappa shape index (κ2) is 4.88. The lowest BCUT2D eigenvalue weighted by atomic mass is 10.1. The van der Waals surface area contributed by atoms with Gasteiger partial charge in [0.05, 0.1) is 6.54 Å². The van der Waals surface area contributed by atoms with E-state index in [0.29, 0.717) is 25.9 Å². The normalized spacial score (nSPS) is 20.3. The van der Waals surface area contributed by atoms with Crippen LogP contribution in [0.1, 0.15) is 12.8 Å². The molecule has 0 unspecified atom stereocenters. The van der Waals surface area contributed by atoms with Gasteiger partial charge in [-0.1, -0.05) is 0 Å². The second-order valence-electron chi connectivity index (χ2n) is 3.68. The molecule has 1 saturated heterocycles. The Labute approximate surface area is 89.0 Å². The molecule has 0 aromatic carbocycles. The first kappa shape index (κ1) is 12.4. The van der Waals surface area contributed by atoms with Gasteiger partial charge >= 0.3 is 0 Å². The first-order chi connectivity index (χ1) is 6.87. The van der Waals surface area contributed by atoms with Crippen molar-refractivity contribution >= 4 is 16.1 Å². The molecule has 0 bridgehead atoms. The van der Waals surface area contributed by atoms with Gasteiger partial charge in [0.15, 0.2) is 0 Å². The van der Waals surface area contributed by atoms with Crippen LogP contribution in [0, 0.1) is 0 Å². The van der Waals surface area contributed by atoms with Crippen molar-refractivity contribution in [3.63, 3.8) is 0 Å². The third-order valence-corrected chi connectivity index (χ3v) is 2.96. The maximum Gasteiger partial charge on any atom is 0.274 e. The van der Waals surface area contributed by atoms with Crippen LogP contribution in [0.25, 0.3) is 0 Å². The Morgan fingerprint density at radius 1 is 1.40 bits per heavy atom. The molecule has 15 heavy (non-hydrogen) atoms. The Morgan fingerprint density at radius 3 is 2.33 bits per heavy atom. The number of nitrogens with zero attached hydrogens (tertiary/aromatic N) is 1. The van der Waals surface area contributed by atoms with Crippen LogP contribution in [0.3, 0.4) is 0 Å². The number of nitrogens with one attached hydrogen (secondary N) is 1. The van der Waals surface area contributed by atoms with E-state index in [9.17, 15) is 13.2 Å². The van der Waals surface area contributed by atoms with Gasteiger partial charge in [-0.15, -0.1) is 0 Å². The van der Waals surface area contributed by atoms with E-state index >= 15 is 0 Å². The minimum atomic E-state index is -3.62. The van der Waals surface area contributed by atoms with Crippen LogP contribution in [0.15, 0.2) is 0 Å². The lowest BCUT2D eigenvalue weighted by Gasteiger charge is -2.30. The summed E-state index contributed by atoms with van der Waals surface area (Å²) in [6, 6.07) is -0.135. The largest absolute Gasteiger partial charge is 0.369 e. The van der Waals surface area contributed by atoms with Crippen molar-refractivity contribution in [1.29, 1.82) is 0 Å². The molecule has 1 rings (SSSR count). The summed E-state index contributed by atoms with van der Waals surface area (Å²) in [4.78, 5) is 12.5. The standard InChI is InChI=1S/C7H16N4O3S/c8-7(12)5-11-3-1-6(2-4-11)10-15(9,13)14/h6,10H,1-5H2,(H2,8,12)(H2,9,13,14). The maximum atomic E-state index is 10.7. The monoisotopic (exact) mass is 236 g/mol. The zero-order chi connectivity index (χ0) is 11.5. The fraction of sp³-hybridized carbons (Fsp3) is 0.857. The van der Waals surface area contributed by atoms with Crippen molar-refractivity contribution in [2.45, 2.75) is 18.9 Å². The van der Waals surface area contributed by atoms with Gasteiger partial charge in [-0.05, 0) is 12.8 Å². The van der Waals surface area contributed by atoms with Crippen molar-refractivity contribution < 1.29 is 13.2 Å². The third-order valence-electron chi connectivity index (χ3n) is 2.30. The molecule has 0 atom stereocenters. The molecule has 1 amide bonds. The summed E-state index contributed by atoms with van der Waals surface area (Å²) in [5.41, 5.74) is 5.05. The summed E-state index contributed by atoms with van der Waals surface area (Å²) >= 11 is 0. The molecule has 7 nitrogen and oxygen atoms in total. The molecule has 88 valence electrons. The molecule has 1 fully saturated rings. The Kier molecular flexibility index (Phi) is 4.03. The quantitative estimate of drug-likeness (QED) is 0.510. The first-order valence-corrected chi connectivity index (χ1v) is 6.22. The number of rotatable bonds is 4. The molecule has 1 aliphatic heterocycles. The van der Waals surface area contributed by atoms with E-state index in [4.69, 9.17) is 10.9 Å². The Bertz CT molecular complexity index is 321. The molecule has 0 aliphatic carbocycles. The lowest BCUT2D eigenvalue weighted by molar-refractivity contribution is -0.119. The Morgan fingerprint density at radius 2 is 1.93 bits per heavy atom. The van der Waals surface area contributed by atoms with E-state index in [1.165, 1.54) is 0 Å². The summed E-state index contributed by atoms with van der Waals surface area (Å²) in [6.45, 7) is 1.52. The van der Waals surface area contributed by atoms with Crippen LogP contribution < -0.4 is 15.6 Å². The lowest BCUT2D eigenvalue weighted by Crippen LogP contribution is -2.48. The van der Waals surface area contributed by atoms with E-state index in [1.54, 1.807) is 0 Å². The number of likely N-dealkylation sites (tertiary alicyclic amines) is 1. The van der Waals surface area contributed by atoms with E-state index in [-0.39, 0.29) is 18.5 Å². The number of hydrogen-bond acceptors (Lipinski definition) is 4. The SMILES string of the molecule is NC(=O)CN1CCC(NS(N)(=O)=O)CC1. The molecule has 0 aromatic heterocycles. The van der Waals surface area contributed by atoms with E-state index in [0.717, 1.165) is 0 Å². The van der Waals surface area contributed by atoms with Crippen LogP contribution >= 0.6 is 0 Å². The van der Waals surface area contributed by atoms with Crippen molar-refractivity contribution in [3.8, 4) is 0 Å². The molecule has 5 N–H and O–H groups in total. The fourth-order valence-electron chi connectivity index (χ4n) is 1.66. The zero-order valence-electron chi connectivity index (χ0n) is 8.35. The zero-order valence-corrected chi connectivity index (χ0v) is 9.16. The van der Waals surface area contributed by atoms with Gasteiger partial charge in [0.25, 0.3) is 10.2 Å². The van der Waals surface area contributed by atoms with Gasteiger partial charge in [-0.25, -0.2) is 5.14 Å². The fourth-order valence-corrected chi connectivity index (χ4v) is 2.36. The van der Waals surface area contributed by atoms with Crippen LogP contribution in [-0.2, 0) is 15.0 Å². The average molecular weight is 236 g/mol. The van der Waals surface area contributed by atoms with Crippen molar-refractivity contribution in [3.05, 3.63) is 0 Å². The first-order valence-electron chi connectivity index (χ1n) is 4.67. The molecule has 0 saturated carbocycles. The highest BCUT2D eigenvalue weighted by Crippen LogP contribution is 2.09. The summed E-state index contributed by atoms with van der Waals surface area (Å²) < 4.78 is 23.8. The predicted molar refractivity (Wildman–Crippen MR) is 54.9 cm³/mol. The summed E-state index contributed by atoms with van der Waals surface area (Å²) in [5.74, 6) is -0.368. The van der Waals surface area contributed by atoms with Gasteiger partial charge in [0, 0.05) is 19.1 Å². The van der Waals surface area contributed by atoms with Gasteiger partial charge in [-0.2, -0.15) is 13.1 Å². The number of nitrogens with two attached hydrogens (primary N) is 2. The Hall–Kier alpha value is -0.700. The summed E-state index contributed by atoms with van der Waals surface area (Å²) in [5, 5.41) is 4.86. The van der Waals surface area contributed by atoms with Crippen LogP contribution in [0.5, 0.6) is 0 Å². The molecule has 0 spiro atoms. The number of piperidine rings is 1. The van der Waals surface area contributed by atoms with Crippen LogP contribution in [0.4, 0.5) is 0 Å². The predicted octanol–water partition coefficient (Wildman–Crippen LogP) is -2.27. The summed E-state index contributed by atoms with van der Waals surface area (Å²) in [7, 11) is -3.62. The highest BCUT2D eigenvalue weighted by molar-refractivity contribution is 7.87. The minimum absolute atomic E-state index is 0.135. The highest BCUT2D eigenvalue weighted by atomic mass is 32.2. The van der Waals surface area contributed by atoms with Crippen molar-refractivity contribution in [1.82, 2.24) is 9.62 Å². The van der Waals surface area contributed by atoms with E-state index in [1.807, 2.05) is 4.90 Å². The number of amides is 1. The molecule has 0 aromatic rings. The third kappa shape index (κ3) is 5.07. The second-order valence-corrected chi connectivity index (χ2v) is 5.01. The molecule has 0 radical (unpaired) electrons. The summed E-state index contributed by atoms with van der Waals surface area (Å²) in [6.07, 6.45) is 1.29. The molecule has 8 heteroatoms. The van der Waals surface area contributed by atoms with Crippen molar-refractivity contribution in [2.24, 2.45) is 10.9 Å². The molecular weight excluding hydrogens is 220 g/mol. The van der Waals surface area contributed by atoms with E-state index in [2.05, 4.69) is 4.72 Å². The number of primary amides is 1. The van der Waals surface area contributed by atoms with Gasteiger partial charge in [-0.3, -0.25) is 9.69 Å². The molecule has 1 aliphatic rings. The number of carbonyl (C=O) groups is 1. The Balaban J connectivity index is 2.33. The van der Waals surface area contributed by atoms with Crippen LogP contribution in [0.2, 0.25) is 0 Å². The maximum absolute atomic E-state index is 10.7. The van der Waals surface area contributed by atoms with Crippen molar-refractivity contribution in [2.75, 3.05) is 19.6 Å². The number of carbonyl (C=O) groups excluding carboxylic acids is 1. The van der Waals surface area contributed by atoms with Gasteiger partial charge < -0.3 is 5.73 Å². The molecular formula is C7H16N4O3S.